The van der Waals surface area contributed by atoms with E-state index in [0.29, 0.717) is 24.1 Å². The molecule has 25 heavy (non-hydrogen) atoms. The van der Waals surface area contributed by atoms with Crippen LogP contribution in [0.25, 0.3) is 11.5 Å². The van der Waals surface area contributed by atoms with Crippen molar-refractivity contribution < 1.29 is 23.2 Å². The van der Waals surface area contributed by atoms with Gasteiger partial charge in [0.05, 0.1) is 25.3 Å². The second-order valence-corrected chi connectivity index (χ2v) is 5.40. The Morgan fingerprint density at radius 3 is 2.60 bits per heavy atom. The van der Waals surface area contributed by atoms with Gasteiger partial charge in [0.2, 0.25) is 11.8 Å². The Bertz CT molecular complexity index is 737. The van der Waals surface area contributed by atoms with E-state index in [-0.39, 0.29) is 19.7 Å². The molecule has 0 aliphatic rings. The van der Waals surface area contributed by atoms with Crippen molar-refractivity contribution in [1.82, 2.24) is 20.4 Å². The Morgan fingerprint density at radius 1 is 1.24 bits per heavy atom. The van der Waals surface area contributed by atoms with Crippen molar-refractivity contribution in [3.05, 3.63) is 23.5 Å². The van der Waals surface area contributed by atoms with Gasteiger partial charge in [0.25, 0.3) is 5.89 Å². The van der Waals surface area contributed by atoms with Crippen LogP contribution < -0.4 is 5.32 Å². The average Bonchev–Trinajstić information content (AvgIpc) is 3.12. The fraction of sp³-hybridized carbons (Fsp3) is 0.500. The van der Waals surface area contributed by atoms with E-state index in [1.807, 2.05) is 26.8 Å². The predicted molar refractivity (Wildman–Crippen MR) is 87.6 cm³/mol. The molecule has 0 saturated carbocycles. The molecule has 0 bridgehead atoms. The fourth-order valence-corrected chi connectivity index (χ4v) is 2.26. The fourth-order valence-electron chi connectivity index (χ4n) is 2.26. The Kier molecular flexibility index (Phi) is 6.29. The lowest BCUT2D eigenvalue weighted by Crippen LogP contribution is -2.40. The Balaban J connectivity index is 1.96. The van der Waals surface area contributed by atoms with Crippen molar-refractivity contribution >= 4 is 12.0 Å². The summed E-state index contributed by atoms with van der Waals surface area (Å²) >= 11 is 0. The minimum Gasteiger partial charge on any atom is -0.466 e. The maximum absolute atomic E-state index is 11.8. The maximum atomic E-state index is 11.8. The standard InChI is InChI=1S/C16H22N4O5/c1-5-20(8-13(21)17-16(22)23-6-2)9-14-18-19-15(25-14)12-7-10(3)24-11(12)4/h7H,5-6,8-9H2,1-4H3,(H,17,21,22). The second-order valence-electron chi connectivity index (χ2n) is 5.40. The molecule has 0 aromatic carbocycles. The van der Waals surface area contributed by atoms with E-state index in [1.165, 1.54) is 0 Å². The zero-order valence-electron chi connectivity index (χ0n) is 14.8. The quantitative estimate of drug-likeness (QED) is 0.807. The average molecular weight is 350 g/mol. The normalized spacial score (nSPS) is 10.9. The smallest absolute Gasteiger partial charge is 0.413 e. The summed E-state index contributed by atoms with van der Waals surface area (Å²) in [6.45, 7) is 8.29. The Labute approximate surface area is 145 Å². The molecule has 0 aliphatic carbocycles. The molecule has 0 unspecified atom stereocenters. The number of amides is 2. The van der Waals surface area contributed by atoms with Crippen molar-refractivity contribution in [2.75, 3.05) is 19.7 Å². The van der Waals surface area contributed by atoms with E-state index < -0.39 is 12.0 Å². The largest absolute Gasteiger partial charge is 0.466 e. The third-order valence-corrected chi connectivity index (χ3v) is 3.43. The van der Waals surface area contributed by atoms with Crippen LogP contribution in [-0.2, 0) is 16.1 Å². The van der Waals surface area contributed by atoms with Crippen LogP contribution in [0.5, 0.6) is 0 Å². The van der Waals surface area contributed by atoms with Crippen LogP contribution in [0.4, 0.5) is 4.79 Å². The number of likely N-dealkylation sites (N-methyl/N-ethyl adjacent to an activating group) is 1. The van der Waals surface area contributed by atoms with E-state index in [1.54, 1.807) is 11.8 Å². The second kappa shape index (κ2) is 8.43. The summed E-state index contributed by atoms with van der Waals surface area (Å²) in [4.78, 5) is 24.8. The molecule has 0 spiro atoms. The lowest BCUT2D eigenvalue weighted by molar-refractivity contribution is -0.121. The highest BCUT2D eigenvalue weighted by molar-refractivity contribution is 5.92. The summed E-state index contributed by atoms with van der Waals surface area (Å²) < 4.78 is 15.8. The van der Waals surface area contributed by atoms with Crippen LogP contribution in [0.15, 0.2) is 14.9 Å². The number of ether oxygens (including phenoxy) is 1. The van der Waals surface area contributed by atoms with Gasteiger partial charge in [0.15, 0.2) is 0 Å². The van der Waals surface area contributed by atoms with E-state index in [4.69, 9.17) is 8.83 Å². The van der Waals surface area contributed by atoms with E-state index in [0.717, 1.165) is 11.3 Å². The third kappa shape index (κ3) is 5.15. The summed E-state index contributed by atoms with van der Waals surface area (Å²) in [5.41, 5.74) is 0.749. The Morgan fingerprint density at radius 2 is 2.00 bits per heavy atom. The maximum Gasteiger partial charge on any atom is 0.413 e. The van der Waals surface area contributed by atoms with Gasteiger partial charge in [-0.25, -0.2) is 4.79 Å². The third-order valence-electron chi connectivity index (χ3n) is 3.43. The van der Waals surface area contributed by atoms with Gasteiger partial charge >= 0.3 is 6.09 Å². The number of furan rings is 1. The molecular weight excluding hydrogens is 328 g/mol. The predicted octanol–water partition coefficient (Wildman–Crippen LogP) is 2.04. The number of carbonyl (C=O) groups is 2. The van der Waals surface area contributed by atoms with Gasteiger partial charge in [-0.2, -0.15) is 0 Å². The molecule has 2 aromatic rings. The lowest BCUT2D eigenvalue weighted by atomic mass is 10.2. The first-order valence-corrected chi connectivity index (χ1v) is 8.01. The van der Waals surface area contributed by atoms with Gasteiger partial charge in [-0.05, 0) is 33.4 Å². The van der Waals surface area contributed by atoms with Crippen LogP contribution in [0.2, 0.25) is 0 Å². The first-order chi connectivity index (χ1) is 11.9. The highest BCUT2D eigenvalue weighted by Gasteiger charge is 2.18. The highest BCUT2D eigenvalue weighted by Crippen LogP contribution is 2.25. The first-order valence-electron chi connectivity index (χ1n) is 8.01. The molecule has 0 fully saturated rings. The Hall–Kier alpha value is -2.68. The molecule has 2 amide bonds. The molecule has 9 heteroatoms. The van der Waals surface area contributed by atoms with Crippen LogP contribution in [0, 0.1) is 13.8 Å². The van der Waals surface area contributed by atoms with E-state index >= 15 is 0 Å². The van der Waals surface area contributed by atoms with Crippen LogP contribution in [-0.4, -0.2) is 46.8 Å². The molecule has 2 aromatic heterocycles. The summed E-state index contributed by atoms with van der Waals surface area (Å²) in [6, 6.07) is 1.83. The summed E-state index contributed by atoms with van der Waals surface area (Å²) in [7, 11) is 0. The van der Waals surface area contributed by atoms with E-state index in [2.05, 4.69) is 20.3 Å². The molecule has 2 heterocycles. The number of rotatable bonds is 7. The van der Waals surface area contributed by atoms with Crippen LogP contribution >= 0.6 is 0 Å². The number of hydrogen-bond donors (Lipinski definition) is 1. The van der Waals surface area contributed by atoms with Gasteiger partial charge in [-0.15, -0.1) is 10.2 Å². The molecular formula is C16H22N4O5. The minimum atomic E-state index is -0.755. The van der Waals surface area contributed by atoms with Gasteiger partial charge in [-0.1, -0.05) is 6.92 Å². The number of nitrogens with zero attached hydrogens (tertiary/aromatic N) is 3. The minimum absolute atomic E-state index is 0.0108. The van der Waals surface area contributed by atoms with Gasteiger partial charge in [0.1, 0.15) is 11.5 Å². The number of carbonyl (C=O) groups excluding carboxylic acids is 2. The molecule has 2 rings (SSSR count). The molecule has 0 radical (unpaired) electrons. The number of hydrogen-bond acceptors (Lipinski definition) is 8. The van der Waals surface area contributed by atoms with E-state index in [9.17, 15) is 9.59 Å². The molecule has 1 N–H and O–H groups in total. The SMILES string of the molecule is CCOC(=O)NC(=O)CN(CC)Cc1nnc(-c2cc(C)oc2C)o1. The molecule has 0 saturated heterocycles. The van der Waals surface area contributed by atoms with Gasteiger partial charge in [0, 0.05) is 0 Å². The zero-order chi connectivity index (χ0) is 18.4. The number of aromatic nitrogens is 2. The highest BCUT2D eigenvalue weighted by atomic mass is 16.5. The van der Waals surface area contributed by atoms with Crippen molar-refractivity contribution in [2.24, 2.45) is 0 Å². The van der Waals surface area contributed by atoms with Crippen molar-refractivity contribution in [3.8, 4) is 11.5 Å². The van der Waals surface area contributed by atoms with Gasteiger partial charge in [-0.3, -0.25) is 15.0 Å². The van der Waals surface area contributed by atoms with Crippen molar-refractivity contribution in [2.45, 2.75) is 34.2 Å². The number of nitrogens with one attached hydrogen (secondary N) is 1. The van der Waals surface area contributed by atoms with Crippen molar-refractivity contribution in [3.63, 3.8) is 0 Å². The number of imide groups is 1. The van der Waals surface area contributed by atoms with Crippen molar-refractivity contribution in [1.29, 1.82) is 0 Å². The zero-order valence-corrected chi connectivity index (χ0v) is 14.8. The first kappa shape index (κ1) is 18.7. The van der Waals surface area contributed by atoms with Gasteiger partial charge < -0.3 is 13.6 Å². The summed E-state index contributed by atoms with van der Waals surface area (Å²) in [6.07, 6.45) is -0.755. The summed E-state index contributed by atoms with van der Waals surface area (Å²) in [5.74, 6) is 1.75. The lowest BCUT2D eigenvalue weighted by Gasteiger charge is -2.17. The topological polar surface area (TPSA) is 111 Å². The number of aryl methyl sites for hydroxylation is 2. The monoisotopic (exact) mass is 350 g/mol. The van der Waals surface area contributed by atoms with Crippen LogP contribution in [0.3, 0.4) is 0 Å². The molecule has 0 atom stereocenters. The molecule has 9 nitrogen and oxygen atoms in total. The number of alkyl carbamates (subject to hydrolysis) is 1. The molecule has 0 aliphatic heterocycles. The van der Waals surface area contributed by atoms with Crippen LogP contribution in [0.1, 0.15) is 31.3 Å². The summed E-state index contributed by atoms with van der Waals surface area (Å²) in [5, 5.41) is 10.2. The molecule has 136 valence electrons.